The Kier molecular flexibility index (Phi) is 7.22. The summed E-state index contributed by atoms with van der Waals surface area (Å²) < 4.78 is 48.3. The molecule has 0 saturated heterocycles. The standard InChI is InChI=1S/C19H19F3N2O3/c1-26-17-15(11-16(12-24-17)19(20,21)22)9-5-6-10-23-18(25)27-13-14-7-3-2-4-8-14/h2-5,7-9,11-12H,6,10,13H2,1H3,(H,23,25). The number of amides is 1. The lowest BCUT2D eigenvalue weighted by atomic mass is 10.1. The van der Waals surface area contributed by atoms with E-state index in [0.29, 0.717) is 6.42 Å². The minimum absolute atomic E-state index is 0.0921. The fourth-order valence-electron chi connectivity index (χ4n) is 2.16. The molecule has 144 valence electrons. The Hall–Kier alpha value is -3.03. The number of methoxy groups -OCH3 is 1. The molecule has 1 amide bonds. The van der Waals surface area contributed by atoms with E-state index < -0.39 is 17.8 Å². The van der Waals surface area contributed by atoms with Gasteiger partial charge in [0, 0.05) is 18.3 Å². The first-order valence-corrected chi connectivity index (χ1v) is 8.12. The molecule has 1 aromatic carbocycles. The first kappa shape index (κ1) is 20.3. The highest BCUT2D eigenvalue weighted by molar-refractivity contribution is 5.67. The zero-order chi connectivity index (χ0) is 19.7. The Morgan fingerprint density at radius 2 is 2.00 bits per heavy atom. The highest BCUT2D eigenvalue weighted by atomic mass is 19.4. The lowest BCUT2D eigenvalue weighted by Gasteiger charge is -2.09. The number of nitrogens with one attached hydrogen (secondary N) is 1. The predicted octanol–water partition coefficient (Wildman–Crippen LogP) is 4.44. The van der Waals surface area contributed by atoms with Gasteiger partial charge in [-0.1, -0.05) is 42.5 Å². The van der Waals surface area contributed by atoms with Crippen molar-refractivity contribution in [3.63, 3.8) is 0 Å². The van der Waals surface area contributed by atoms with Crippen LogP contribution in [0.15, 0.2) is 48.7 Å². The summed E-state index contributed by atoms with van der Waals surface area (Å²) in [6.45, 7) is 0.439. The second kappa shape index (κ2) is 9.61. The topological polar surface area (TPSA) is 60.5 Å². The highest BCUT2D eigenvalue weighted by Crippen LogP contribution is 2.31. The van der Waals surface area contributed by atoms with Crippen LogP contribution < -0.4 is 10.1 Å². The number of alkyl carbamates (subject to hydrolysis) is 1. The monoisotopic (exact) mass is 380 g/mol. The van der Waals surface area contributed by atoms with Crippen molar-refractivity contribution in [2.75, 3.05) is 13.7 Å². The quantitative estimate of drug-likeness (QED) is 0.722. The molecule has 0 bridgehead atoms. The molecule has 0 aliphatic carbocycles. The van der Waals surface area contributed by atoms with Crippen molar-refractivity contribution >= 4 is 12.2 Å². The van der Waals surface area contributed by atoms with Crippen LogP contribution in [0.1, 0.15) is 23.1 Å². The van der Waals surface area contributed by atoms with Crippen LogP contribution in [0.4, 0.5) is 18.0 Å². The molecule has 0 atom stereocenters. The van der Waals surface area contributed by atoms with Gasteiger partial charge in [0.1, 0.15) is 6.61 Å². The van der Waals surface area contributed by atoms with Gasteiger partial charge in [-0.25, -0.2) is 9.78 Å². The number of pyridine rings is 1. The first-order chi connectivity index (χ1) is 12.9. The number of halogens is 3. The Morgan fingerprint density at radius 3 is 2.67 bits per heavy atom. The lowest BCUT2D eigenvalue weighted by Crippen LogP contribution is -2.24. The third-order valence-corrected chi connectivity index (χ3v) is 3.49. The van der Waals surface area contributed by atoms with Gasteiger partial charge in [-0.15, -0.1) is 0 Å². The fourth-order valence-corrected chi connectivity index (χ4v) is 2.16. The number of nitrogens with zero attached hydrogens (tertiary/aromatic N) is 1. The Balaban J connectivity index is 1.81. The summed E-state index contributed by atoms with van der Waals surface area (Å²) in [6.07, 6.45) is -0.827. The van der Waals surface area contributed by atoms with Crippen LogP contribution in [0.2, 0.25) is 0 Å². The van der Waals surface area contributed by atoms with Crippen LogP contribution in [-0.4, -0.2) is 24.7 Å². The molecule has 27 heavy (non-hydrogen) atoms. The minimum Gasteiger partial charge on any atom is -0.481 e. The molecule has 0 radical (unpaired) electrons. The van der Waals surface area contributed by atoms with Crippen molar-refractivity contribution < 1.29 is 27.4 Å². The van der Waals surface area contributed by atoms with Crippen molar-refractivity contribution in [2.24, 2.45) is 0 Å². The third-order valence-electron chi connectivity index (χ3n) is 3.49. The highest BCUT2D eigenvalue weighted by Gasteiger charge is 2.31. The van der Waals surface area contributed by atoms with Crippen LogP contribution in [0.5, 0.6) is 5.88 Å². The van der Waals surface area contributed by atoms with E-state index in [1.807, 2.05) is 30.3 Å². The molecule has 5 nitrogen and oxygen atoms in total. The van der Waals surface area contributed by atoms with Gasteiger partial charge in [-0.2, -0.15) is 13.2 Å². The number of hydrogen-bond donors (Lipinski definition) is 1. The van der Waals surface area contributed by atoms with Gasteiger partial charge in [0.2, 0.25) is 5.88 Å². The van der Waals surface area contributed by atoms with Crippen molar-refractivity contribution in [3.05, 3.63) is 65.4 Å². The van der Waals surface area contributed by atoms with Gasteiger partial charge in [0.15, 0.2) is 0 Å². The van der Waals surface area contributed by atoms with Crippen LogP contribution >= 0.6 is 0 Å². The summed E-state index contributed by atoms with van der Waals surface area (Å²) in [7, 11) is 1.33. The second-order valence-corrected chi connectivity index (χ2v) is 5.50. The summed E-state index contributed by atoms with van der Waals surface area (Å²) in [5.41, 5.74) is 0.223. The van der Waals surface area contributed by atoms with Gasteiger partial charge < -0.3 is 14.8 Å². The van der Waals surface area contributed by atoms with Crippen LogP contribution in [0, 0.1) is 0 Å². The van der Waals surface area contributed by atoms with Crippen LogP contribution in [-0.2, 0) is 17.5 Å². The van der Waals surface area contributed by atoms with E-state index in [9.17, 15) is 18.0 Å². The van der Waals surface area contributed by atoms with Crippen molar-refractivity contribution in [1.29, 1.82) is 0 Å². The smallest absolute Gasteiger partial charge is 0.417 e. The van der Waals surface area contributed by atoms with Crippen LogP contribution in [0.3, 0.4) is 0 Å². The molecule has 0 saturated carbocycles. The van der Waals surface area contributed by atoms with E-state index in [2.05, 4.69) is 10.3 Å². The van der Waals surface area contributed by atoms with Gasteiger partial charge in [-0.05, 0) is 18.1 Å². The molecule has 0 unspecified atom stereocenters. The van der Waals surface area contributed by atoms with E-state index in [0.717, 1.165) is 17.8 Å². The van der Waals surface area contributed by atoms with E-state index in [1.165, 1.54) is 13.2 Å². The van der Waals surface area contributed by atoms with Crippen molar-refractivity contribution in [1.82, 2.24) is 10.3 Å². The van der Waals surface area contributed by atoms with E-state index in [-0.39, 0.29) is 24.6 Å². The zero-order valence-corrected chi connectivity index (χ0v) is 14.6. The average Bonchev–Trinajstić information content (AvgIpc) is 2.66. The minimum atomic E-state index is -4.48. The van der Waals surface area contributed by atoms with Crippen molar-refractivity contribution in [2.45, 2.75) is 19.2 Å². The number of ether oxygens (including phenoxy) is 2. The molecule has 1 aromatic heterocycles. The number of aromatic nitrogens is 1. The molecule has 1 N–H and O–H groups in total. The normalized spacial score (nSPS) is 11.4. The molecular weight excluding hydrogens is 361 g/mol. The number of alkyl halides is 3. The number of hydrogen-bond acceptors (Lipinski definition) is 4. The maximum absolute atomic E-state index is 12.8. The zero-order valence-electron chi connectivity index (χ0n) is 14.6. The number of carbonyl (C=O) groups excluding carboxylic acids is 1. The number of benzene rings is 1. The summed E-state index contributed by atoms with van der Waals surface area (Å²) in [5.74, 6) is 0.0921. The summed E-state index contributed by atoms with van der Waals surface area (Å²) >= 11 is 0. The Labute approximate surface area is 154 Å². The van der Waals surface area contributed by atoms with E-state index in [1.54, 1.807) is 6.08 Å². The molecule has 0 fully saturated rings. The molecule has 2 rings (SSSR count). The van der Waals surface area contributed by atoms with E-state index >= 15 is 0 Å². The maximum Gasteiger partial charge on any atom is 0.417 e. The fraction of sp³-hybridized carbons (Fsp3) is 0.263. The van der Waals surface area contributed by atoms with E-state index in [4.69, 9.17) is 9.47 Å². The average molecular weight is 380 g/mol. The Bertz CT molecular complexity index is 778. The second-order valence-electron chi connectivity index (χ2n) is 5.50. The molecule has 1 heterocycles. The lowest BCUT2D eigenvalue weighted by molar-refractivity contribution is -0.137. The largest absolute Gasteiger partial charge is 0.481 e. The molecule has 0 aliphatic heterocycles. The Morgan fingerprint density at radius 1 is 1.26 bits per heavy atom. The summed E-state index contributed by atoms with van der Waals surface area (Å²) in [5, 5.41) is 2.56. The molecule has 8 heteroatoms. The molecular formula is C19H19F3N2O3. The molecule has 0 aliphatic rings. The molecule has 0 spiro atoms. The summed E-state index contributed by atoms with van der Waals surface area (Å²) in [6, 6.07) is 10.2. The number of carbonyl (C=O) groups is 1. The maximum atomic E-state index is 12.8. The predicted molar refractivity (Wildman–Crippen MR) is 94.1 cm³/mol. The van der Waals surface area contributed by atoms with Crippen LogP contribution in [0.25, 0.3) is 6.08 Å². The molecule has 2 aromatic rings. The number of rotatable bonds is 7. The third kappa shape index (κ3) is 6.65. The van der Waals surface area contributed by atoms with Gasteiger partial charge in [0.05, 0.1) is 12.7 Å². The van der Waals surface area contributed by atoms with Gasteiger partial charge in [-0.3, -0.25) is 0 Å². The summed E-state index contributed by atoms with van der Waals surface area (Å²) in [4.78, 5) is 15.3. The first-order valence-electron chi connectivity index (χ1n) is 8.12. The van der Waals surface area contributed by atoms with Gasteiger partial charge in [0.25, 0.3) is 0 Å². The SMILES string of the molecule is COc1ncc(C(F)(F)F)cc1C=CCCNC(=O)OCc1ccccc1. The van der Waals surface area contributed by atoms with Crippen molar-refractivity contribution in [3.8, 4) is 5.88 Å². The van der Waals surface area contributed by atoms with Gasteiger partial charge >= 0.3 is 12.3 Å².